The number of methoxy groups -OCH3 is 2. The van der Waals surface area contributed by atoms with Crippen molar-refractivity contribution in [1.29, 1.82) is 5.26 Å². The van der Waals surface area contributed by atoms with Crippen LogP contribution in [0.4, 0.5) is 5.69 Å². The average molecular weight is 492 g/mol. The van der Waals surface area contributed by atoms with Crippen LogP contribution >= 0.6 is 22.6 Å². The summed E-state index contributed by atoms with van der Waals surface area (Å²) in [5.74, 6) is 1.46. The number of nitrogens with one attached hydrogen (secondary N) is 1. The number of rotatable bonds is 6. The summed E-state index contributed by atoms with van der Waals surface area (Å²) < 4.78 is 11.9. The van der Waals surface area contributed by atoms with E-state index in [1.165, 1.54) is 0 Å². The van der Waals surface area contributed by atoms with Crippen molar-refractivity contribution in [1.82, 2.24) is 0 Å². The second kappa shape index (κ2) is 9.48. The smallest absolute Gasteiger partial charge is 0.174 e. The number of hydrogen-bond donors (Lipinski definition) is 2. The molecular formula is C22H25IN2O3. The maximum Gasteiger partial charge on any atom is 0.174 e. The summed E-state index contributed by atoms with van der Waals surface area (Å²) >= 11 is 2.25. The fraction of sp³-hybridized carbons (Fsp3) is 0.409. The second-order valence-corrected chi connectivity index (χ2v) is 8.29. The van der Waals surface area contributed by atoms with Gasteiger partial charge in [-0.25, -0.2) is 0 Å². The molecule has 2 aromatic rings. The molecule has 1 saturated carbocycles. The van der Waals surface area contributed by atoms with E-state index in [-0.39, 0.29) is 6.10 Å². The SMILES string of the molecule is COc1cc(Cc2ccc(C#N)c(NC3CCC(O)CC3)c2)cc(I)c1OC. The molecule has 0 atom stereocenters. The summed E-state index contributed by atoms with van der Waals surface area (Å²) in [5, 5.41) is 22.7. The van der Waals surface area contributed by atoms with E-state index in [2.05, 4.69) is 46.1 Å². The number of hydrogen-bond acceptors (Lipinski definition) is 5. The first-order valence-electron chi connectivity index (χ1n) is 9.42. The number of nitriles is 1. The Bertz CT molecular complexity index is 871. The third kappa shape index (κ3) is 4.89. The van der Waals surface area contributed by atoms with Crippen LogP contribution in [-0.4, -0.2) is 31.5 Å². The Morgan fingerprint density at radius 3 is 2.50 bits per heavy atom. The molecule has 3 rings (SSSR count). The van der Waals surface area contributed by atoms with Crippen LogP contribution in [0, 0.1) is 14.9 Å². The van der Waals surface area contributed by atoms with E-state index in [1.54, 1.807) is 14.2 Å². The standard InChI is InChI=1S/C22H25IN2O3/c1-27-21-12-15(10-19(23)22(21)28-2)9-14-3-4-16(13-24)20(11-14)25-17-5-7-18(26)8-6-17/h3-4,10-12,17-18,25-26H,5-9H2,1-2H3. The van der Waals surface area contributed by atoms with Crippen molar-refractivity contribution >= 4 is 28.3 Å². The zero-order chi connectivity index (χ0) is 20.1. The summed E-state index contributed by atoms with van der Waals surface area (Å²) in [6.07, 6.45) is 4.01. The van der Waals surface area contributed by atoms with Crippen LogP contribution < -0.4 is 14.8 Å². The van der Waals surface area contributed by atoms with Crippen molar-refractivity contribution < 1.29 is 14.6 Å². The molecule has 2 N–H and O–H groups in total. The van der Waals surface area contributed by atoms with E-state index in [9.17, 15) is 10.4 Å². The Morgan fingerprint density at radius 2 is 1.86 bits per heavy atom. The topological polar surface area (TPSA) is 74.5 Å². The fourth-order valence-electron chi connectivity index (χ4n) is 3.67. The third-order valence-corrected chi connectivity index (χ3v) is 5.96. The number of aliphatic hydroxyl groups excluding tert-OH is 1. The minimum atomic E-state index is -0.188. The van der Waals surface area contributed by atoms with Gasteiger partial charge in [-0.2, -0.15) is 5.26 Å². The molecule has 28 heavy (non-hydrogen) atoms. The van der Waals surface area contributed by atoms with E-state index in [0.29, 0.717) is 11.6 Å². The van der Waals surface area contributed by atoms with E-state index in [0.717, 1.165) is 64.0 Å². The molecule has 0 aromatic heterocycles. The molecule has 1 aliphatic carbocycles. The Hall–Kier alpha value is -1.98. The highest BCUT2D eigenvalue weighted by Gasteiger charge is 2.20. The molecule has 0 aliphatic heterocycles. The number of anilines is 1. The minimum Gasteiger partial charge on any atom is -0.493 e. The first-order chi connectivity index (χ1) is 13.5. The molecule has 0 radical (unpaired) electrons. The monoisotopic (exact) mass is 492 g/mol. The predicted molar refractivity (Wildman–Crippen MR) is 118 cm³/mol. The van der Waals surface area contributed by atoms with Gasteiger partial charge < -0.3 is 19.9 Å². The summed E-state index contributed by atoms with van der Waals surface area (Å²) in [6.45, 7) is 0. The largest absolute Gasteiger partial charge is 0.493 e. The molecular weight excluding hydrogens is 467 g/mol. The Kier molecular flexibility index (Phi) is 7.03. The highest BCUT2D eigenvalue weighted by Crippen LogP contribution is 2.34. The fourth-order valence-corrected chi connectivity index (χ4v) is 4.55. The molecule has 0 unspecified atom stereocenters. The Labute approximate surface area is 179 Å². The van der Waals surface area contributed by atoms with Crippen molar-refractivity contribution in [2.45, 2.75) is 44.2 Å². The second-order valence-electron chi connectivity index (χ2n) is 7.13. The van der Waals surface area contributed by atoms with E-state index < -0.39 is 0 Å². The Morgan fingerprint density at radius 1 is 1.11 bits per heavy atom. The number of ether oxygens (including phenoxy) is 2. The molecule has 0 spiro atoms. The van der Waals surface area contributed by atoms with Gasteiger partial charge in [0, 0.05) is 6.04 Å². The highest BCUT2D eigenvalue weighted by atomic mass is 127. The van der Waals surface area contributed by atoms with Gasteiger partial charge in [-0.05, 0) is 90.1 Å². The van der Waals surface area contributed by atoms with Crippen LogP contribution in [0.15, 0.2) is 30.3 Å². The maximum absolute atomic E-state index is 9.70. The molecule has 2 aromatic carbocycles. The number of benzene rings is 2. The van der Waals surface area contributed by atoms with Crippen LogP contribution in [0.3, 0.4) is 0 Å². The first-order valence-corrected chi connectivity index (χ1v) is 10.5. The molecule has 1 aliphatic rings. The van der Waals surface area contributed by atoms with Gasteiger partial charge in [-0.1, -0.05) is 6.07 Å². The van der Waals surface area contributed by atoms with Crippen molar-refractivity contribution in [3.05, 3.63) is 50.6 Å². The van der Waals surface area contributed by atoms with E-state index in [1.807, 2.05) is 18.2 Å². The molecule has 6 heteroatoms. The van der Waals surface area contributed by atoms with Crippen LogP contribution in [0.1, 0.15) is 42.4 Å². The molecule has 0 bridgehead atoms. The van der Waals surface area contributed by atoms with Gasteiger partial charge >= 0.3 is 0 Å². The number of aliphatic hydroxyl groups is 1. The predicted octanol–water partition coefficient (Wildman–Crippen LogP) is 4.49. The molecule has 0 saturated heterocycles. The highest BCUT2D eigenvalue weighted by molar-refractivity contribution is 14.1. The lowest BCUT2D eigenvalue weighted by atomic mass is 9.92. The molecule has 5 nitrogen and oxygen atoms in total. The van der Waals surface area contributed by atoms with E-state index in [4.69, 9.17) is 9.47 Å². The minimum absolute atomic E-state index is 0.188. The third-order valence-electron chi connectivity index (χ3n) is 5.16. The van der Waals surface area contributed by atoms with Gasteiger partial charge in [0.1, 0.15) is 6.07 Å². The molecule has 0 amide bonds. The van der Waals surface area contributed by atoms with E-state index >= 15 is 0 Å². The van der Waals surface area contributed by atoms with Crippen LogP contribution in [-0.2, 0) is 6.42 Å². The molecule has 148 valence electrons. The van der Waals surface area contributed by atoms with Crippen molar-refractivity contribution in [3.63, 3.8) is 0 Å². The van der Waals surface area contributed by atoms with Crippen molar-refractivity contribution in [2.75, 3.05) is 19.5 Å². The number of halogens is 1. The van der Waals surface area contributed by atoms with Gasteiger partial charge in [0.15, 0.2) is 11.5 Å². The first kappa shape index (κ1) is 20.7. The van der Waals surface area contributed by atoms with Crippen molar-refractivity contribution in [2.24, 2.45) is 0 Å². The normalized spacial score (nSPS) is 19.0. The summed E-state index contributed by atoms with van der Waals surface area (Å²) in [6, 6.07) is 12.6. The van der Waals surface area contributed by atoms with Gasteiger partial charge in [0.05, 0.1) is 35.1 Å². The lowest BCUT2D eigenvalue weighted by Crippen LogP contribution is -2.28. The Balaban J connectivity index is 1.81. The van der Waals surface area contributed by atoms with Gasteiger partial charge in [0.2, 0.25) is 0 Å². The molecule has 0 heterocycles. The molecule has 1 fully saturated rings. The number of nitrogens with zero attached hydrogens (tertiary/aromatic N) is 1. The maximum atomic E-state index is 9.70. The van der Waals surface area contributed by atoms with Crippen LogP contribution in [0.25, 0.3) is 0 Å². The lowest BCUT2D eigenvalue weighted by Gasteiger charge is -2.27. The average Bonchev–Trinajstić information content (AvgIpc) is 2.69. The zero-order valence-corrected chi connectivity index (χ0v) is 18.3. The quantitative estimate of drug-likeness (QED) is 0.582. The lowest BCUT2D eigenvalue weighted by molar-refractivity contribution is 0.126. The summed E-state index contributed by atoms with van der Waals surface area (Å²) in [5.41, 5.74) is 3.77. The van der Waals surface area contributed by atoms with Gasteiger partial charge in [-0.3, -0.25) is 0 Å². The van der Waals surface area contributed by atoms with Gasteiger partial charge in [-0.15, -0.1) is 0 Å². The summed E-state index contributed by atoms with van der Waals surface area (Å²) in [7, 11) is 3.28. The van der Waals surface area contributed by atoms with Crippen LogP contribution in [0.5, 0.6) is 11.5 Å². The van der Waals surface area contributed by atoms with Gasteiger partial charge in [0.25, 0.3) is 0 Å². The van der Waals surface area contributed by atoms with Crippen molar-refractivity contribution in [3.8, 4) is 17.6 Å². The zero-order valence-electron chi connectivity index (χ0n) is 16.2. The summed E-state index contributed by atoms with van der Waals surface area (Å²) in [4.78, 5) is 0. The van der Waals surface area contributed by atoms with Crippen LogP contribution in [0.2, 0.25) is 0 Å².